The van der Waals surface area contributed by atoms with Gasteiger partial charge in [0, 0.05) is 25.8 Å². The van der Waals surface area contributed by atoms with E-state index in [0.29, 0.717) is 46.5 Å². The number of para-hydroxylation sites is 1. The highest BCUT2D eigenvalue weighted by Gasteiger charge is 2.30. The van der Waals surface area contributed by atoms with E-state index in [-0.39, 0.29) is 22.5 Å². The summed E-state index contributed by atoms with van der Waals surface area (Å²) in [4.78, 5) is 25.6. The van der Waals surface area contributed by atoms with Crippen molar-refractivity contribution in [1.29, 1.82) is 0 Å². The van der Waals surface area contributed by atoms with Gasteiger partial charge in [-0.05, 0) is 36.8 Å². The van der Waals surface area contributed by atoms with Gasteiger partial charge in [-0.1, -0.05) is 107 Å². The minimum absolute atomic E-state index is 0.108. The molecule has 0 saturated carbocycles. The van der Waals surface area contributed by atoms with Crippen LogP contribution >= 0.6 is 23.2 Å². The van der Waals surface area contributed by atoms with Crippen molar-refractivity contribution in [2.24, 2.45) is 5.41 Å². The molecule has 2 aromatic carbocycles. The Labute approximate surface area is 302 Å². The molecule has 1 heterocycles. The van der Waals surface area contributed by atoms with Crippen LogP contribution in [-0.4, -0.2) is 50.6 Å². The molecule has 3 N–H and O–H groups in total. The molecule has 0 saturated heterocycles. The number of carbonyl (C=O) groups is 1. The summed E-state index contributed by atoms with van der Waals surface area (Å²) in [6.07, 6.45) is 13.5. The van der Waals surface area contributed by atoms with Crippen LogP contribution in [0.1, 0.15) is 90.5 Å². The lowest BCUT2D eigenvalue weighted by Gasteiger charge is -2.30. The van der Waals surface area contributed by atoms with E-state index >= 15 is 0 Å². The molecule has 0 aliphatic heterocycles. The SMILES string of the molecule is COc1cc(OC)c(Cl)c(N(COCCCCCCCCCCCC(C)(C)C)C(=O)N(C)c2cc(Nc3cccc(C)c3N)ncn2)c1Cl. The number of nitrogens with one attached hydrogen (secondary N) is 1. The van der Waals surface area contributed by atoms with Crippen LogP contribution in [0.2, 0.25) is 10.0 Å². The zero-order valence-corrected chi connectivity index (χ0v) is 31.7. The van der Waals surface area contributed by atoms with Crippen molar-refractivity contribution >= 4 is 57.9 Å². The topological polar surface area (TPSA) is 115 Å². The Kier molecular flexibility index (Phi) is 16.0. The van der Waals surface area contributed by atoms with Crippen molar-refractivity contribution in [3.05, 3.63) is 52.3 Å². The number of unbranched alkanes of at least 4 members (excludes halogenated alkanes) is 8. The number of ether oxygens (including phenoxy) is 3. The second kappa shape index (κ2) is 19.6. The van der Waals surface area contributed by atoms with Gasteiger partial charge in [0.25, 0.3) is 0 Å². The Hall–Kier alpha value is -3.47. The van der Waals surface area contributed by atoms with Gasteiger partial charge in [-0.3, -0.25) is 9.80 Å². The second-order valence-electron chi connectivity index (χ2n) is 13.5. The van der Waals surface area contributed by atoms with Gasteiger partial charge in [-0.25, -0.2) is 14.8 Å². The number of hydrogen-bond donors (Lipinski definition) is 2. The van der Waals surface area contributed by atoms with Crippen LogP contribution in [0.25, 0.3) is 0 Å². The van der Waals surface area contributed by atoms with Crippen molar-refractivity contribution in [3.8, 4) is 11.5 Å². The first kappa shape index (κ1) is 40.0. The number of nitrogen functional groups attached to an aromatic ring is 1. The van der Waals surface area contributed by atoms with E-state index in [9.17, 15) is 4.79 Å². The molecule has 0 atom stereocenters. The number of carbonyl (C=O) groups excluding carboxylic acids is 1. The van der Waals surface area contributed by atoms with Gasteiger partial charge in [0.2, 0.25) is 0 Å². The van der Waals surface area contributed by atoms with E-state index in [4.69, 9.17) is 43.1 Å². The molecule has 3 rings (SSSR count). The molecular formula is C37H54Cl2N6O4. The average molecular weight is 718 g/mol. The fourth-order valence-corrected chi connectivity index (χ4v) is 6.09. The van der Waals surface area contributed by atoms with Crippen molar-refractivity contribution in [2.45, 2.75) is 91.9 Å². The largest absolute Gasteiger partial charge is 0.495 e. The Morgan fingerprint density at radius 3 is 2.08 bits per heavy atom. The normalized spacial score (nSPS) is 11.4. The van der Waals surface area contributed by atoms with Crippen molar-refractivity contribution in [1.82, 2.24) is 9.97 Å². The number of aromatic nitrogens is 2. The number of aryl methyl sites for hydroxylation is 1. The lowest BCUT2D eigenvalue weighted by Crippen LogP contribution is -2.43. The summed E-state index contributed by atoms with van der Waals surface area (Å²) in [6.45, 7) is 9.21. The predicted molar refractivity (Wildman–Crippen MR) is 203 cm³/mol. The maximum Gasteiger partial charge on any atom is 0.331 e. The summed E-state index contributed by atoms with van der Waals surface area (Å²) in [5, 5.41) is 3.51. The van der Waals surface area contributed by atoms with E-state index in [1.807, 2.05) is 25.1 Å². The van der Waals surface area contributed by atoms with E-state index < -0.39 is 6.03 Å². The van der Waals surface area contributed by atoms with Crippen molar-refractivity contribution in [3.63, 3.8) is 0 Å². The maximum atomic E-state index is 14.2. The summed E-state index contributed by atoms with van der Waals surface area (Å²) in [5.41, 5.74) is 9.12. The van der Waals surface area contributed by atoms with E-state index in [1.165, 1.54) is 75.3 Å². The Morgan fingerprint density at radius 2 is 1.49 bits per heavy atom. The summed E-state index contributed by atoms with van der Waals surface area (Å²) in [7, 11) is 4.57. The van der Waals surface area contributed by atoms with Crippen LogP contribution in [-0.2, 0) is 4.74 Å². The van der Waals surface area contributed by atoms with Gasteiger partial charge in [0.05, 0.1) is 31.3 Å². The van der Waals surface area contributed by atoms with Crippen LogP contribution in [0.4, 0.5) is 33.5 Å². The van der Waals surface area contributed by atoms with Gasteiger partial charge in [-0.2, -0.15) is 0 Å². The van der Waals surface area contributed by atoms with E-state index in [0.717, 1.165) is 24.8 Å². The Morgan fingerprint density at radius 1 is 0.898 bits per heavy atom. The fraction of sp³-hybridized carbons (Fsp3) is 0.541. The molecule has 0 bridgehead atoms. The average Bonchev–Trinajstić information content (AvgIpc) is 3.07. The van der Waals surface area contributed by atoms with Crippen molar-refractivity contribution in [2.75, 3.05) is 55.5 Å². The van der Waals surface area contributed by atoms with Gasteiger partial charge in [0.1, 0.15) is 46.2 Å². The number of nitrogens with zero attached hydrogens (tertiary/aromatic N) is 4. The fourth-order valence-electron chi connectivity index (χ4n) is 5.38. The number of amides is 2. The van der Waals surface area contributed by atoms with Gasteiger partial charge in [0.15, 0.2) is 0 Å². The highest BCUT2D eigenvalue weighted by molar-refractivity contribution is 6.42. The molecule has 10 nitrogen and oxygen atoms in total. The van der Waals surface area contributed by atoms with Gasteiger partial charge >= 0.3 is 6.03 Å². The molecule has 0 radical (unpaired) electrons. The van der Waals surface area contributed by atoms with Crippen LogP contribution in [0.3, 0.4) is 0 Å². The first-order valence-electron chi connectivity index (χ1n) is 17.0. The van der Waals surface area contributed by atoms with Gasteiger partial charge < -0.3 is 25.3 Å². The molecule has 12 heteroatoms. The molecular weight excluding hydrogens is 663 g/mol. The Bertz CT molecular complexity index is 1470. The molecule has 1 aromatic heterocycles. The van der Waals surface area contributed by atoms with Gasteiger partial charge in [-0.15, -0.1) is 0 Å². The van der Waals surface area contributed by atoms with Crippen LogP contribution in [0.15, 0.2) is 36.7 Å². The van der Waals surface area contributed by atoms with Crippen LogP contribution in [0.5, 0.6) is 11.5 Å². The minimum atomic E-state index is -0.485. The standard InChI is InChI=1S/C37H54Cl2N6O4/c1-26-18-17-19-27(34(26)40)43-30-23-31(42-24-41-30)44(5)36(46)45(35-32(38)28(47-6)22-29(48-7)33(35)39)25-49-21-16-14-12-10-8-9-11-13-15-20-37(2,3)4/h17-19,22-24H,8-16,20-21,25,40H2,1-7H3,(H,41,42,43). The molecule has 49 heavy (non-hydrogen) atoms. The number of rotatable bonds is 19. The quantitative estimate of drug-likeness (QED) is 0.0715. The molecule has 270 valence electrons. The third-order valence-corrected chi connectivity index (χ3v) is 9.09. The van der Waals surface area contributed by atoms with Crippen molar-refractivity contribution < 1.29 is 19.0 Å². The smallest absolute Gasteiger partial charge is 0.331 e. The number of anilines is 5. The molecule has 2 amide bonds. The lowest BCUT2D eigenvalue weighted by molar-refractivity contribution is 0.132. The number of benzene rings is 2. The first-order chi connectivity index (χ1) is 23.4. The third kappa shape index (κ3) is 12.1. The van der Waals surface area contributed by atoms with E-state index in [1.54, 1.807) is 19.2 Å². The highest BCUT2D eigenvalue weighted by Crippen LogP contribution is 2.46. The first-order valence-corrected chi connectivity index (χ1v) is 17.8. The summed E-state index contributed by atoms with van der Waals surface area (Å²) < 4.78 is 17.0. The third-order valence-electron chi connectivity index (χ3n) is 8.36. The molecule has 3 aromatic rings. The number of methoxy groups -OCH3 is 2. The second-order valence-corrected chi connectivity index (χ2v) is 14.2. The molecule has 0 spiro atoms. The highest BCUT2D eigenvalue weighted by atomic mass is 35.5. The minimum Gasteiger partial charge on any atom is -0.495 e. The maximum absolute atomic E-state index is 14.2. The molecule has 0 aliphatic carbocycles. The molecule has 0 aliphatic rings. The number of halogens is 2. The lowest BCUT2D eigenvalue weighted by atomic mass is 9.89. The Balaban J connectivity index is 1.66. The van der Waals surface area contributed by atoms with E-state index in [2.05, 4.69) is 36.1 Å². The predicted octanol–water partition coefficient (Wildman–Crippen LogP) is 10.4. The number of hydrogen-bond acceptors (Lipinski definition) is 8. The molecule has 0 fully saturated rings. The molecule has 0 unspecified atom stereocenters. The zero-order valence-electron chi connectivity index (χ0n) is 30.2. The van der Waals surface area contributed by atoms with Crippen LogP contribution < -0.4 is 30.3 Å². The monoisotopic (exact) mass is 716 g/mol. The number of urea groups is 1. The number of nitrogens with two attached hydrogens (primary N) is 1. The zero-order chi connectivity index (χ0) is 36.0. The van der Waals surface area contributed by atoms with Crippen LogP contribution in [0, 0.1) is 12.3 Å². The summed E-state index contributed by atoms with van der Waals surface area (Å²) in [5.74, 6) is 1.40. The summed E-state index contributed by atoms with van der Waals surface area (Å²) in [6, 6.07) is 8.43. The summed E-state index contributed by atoms with van der Waals surface area (Å²) >= 11 is 13.5.